The van der Waals surface area contributed by atoms with Crippen molar-refractivity contribution in [2.24, 2.45) is 0 Å². The van der Waals surface area contributed by atoms with E-state index in [0.717, 1.165) is 16.7 Å². The summed E-state index contributed by atoms with van der Waals surface area (Å²) in [5.74, 6) is -0.723. The van der Waals surface area contributed by atoms with E-state index in [2.05, 4.69) is 17.1 Å². The van der Waals surface area contributed by atoms with Crippen LogP contribution in [0.3, 0.4) is 0 Å². The zero-order valence-electron chi connectivity index (χ0n) is 11.8. The molecule has 1 heterocycles. The second-order valence-electron chi connectivity index (χ2n) is 4.84. The van der Waals surface area contributed by atoms with Crippen LogP contribution in [0.15, 0.2) is 30.6 Å². The van der Waals surface area contributed by atoms with Crippen molar-refractivity contribution in [2.45, 2.75) is 27.4 Å². The van der Waals surface area contributed by atoms with Gasteiger partial charge >= 0.3 is 5.97 Å². The van der Waals surface area contributed by atoms with Crippen LogP contribution >= 0.6 is 0 Å². The van der Waals surface area contributed by atoms with E-state index in [1.54, 1.807) is 0 Å². The van der Waals surface area contributed by atoms with Crippen LogP contribution in [0, 0.1) is 20.8 Å². The molecule has 4 heteroatoms. The van der Waals surface area contributed by atoms with E-state index in [1.807, 2.05) is 20.8 Å². The van der Waals surface area contributed by atoms with Crippen LogP contribution in [0.1, 0.15) is 32.6 Å². The molecule has 0 aliphatic rings. The first-order chi connectivity index (χ1) is 9.49. The van der Waals surface area contributed by atoms with Crippen molar-refractivity contribution in [3.8, 4) is 5.75 Å². The number of aromatic carboxylic acids is 1. The molecule has 0 aliphatic heterocycles. The molecule has 0 bridgehead atoms. The molecule has 104 valence electrons. The molecule has 1 aromatic heterocycles. The Kier molecular flexibility index (Phi) is 4.03. The minimum Gasteiger partial charge on any atom is -0.486 e. The molecule has 0 saturated carbocycles. The van der Waals surface area contributed by atoms with Crippen molar-refractivity contribution in [1.29, 1.82) is 0 Å². The quantitative estimate of drug-likeness (QED) is 0.927. The predicted molar refractivity (Wildman–Crippen MR) is 76.2 cm³/mol. The summed E-state index contributed by atoms with van der Waals surface area (Å²) >= 11 is 0. The summed E-state index contributed by atoms with van der Waals surface area (Å²) < 4.78 is 5.64. The number of carbonyl (C=O) groups is 1. The number of ether oxygens (including phenoxy) is 1. The fourth-order valence-electron chi connectivity index (χ4n) is 2.26. The third-order valence-electron chi connectivity index (χ3n) is 3.23. The Labute approximate surface area is 118 Å². The van der Waals surface area contributed by atoms with Gasteiger partial charge in [0.25, 0.3) is 0 Å². The Morgan fingerprint density at radius 2 is 1.90 bits per heavy atom. The summed E-state index contributed by atoms with van der Waals surface area (Å²) in [7, 11) is 0. The van der Waals surface area contributed by atoms with Gasteiger partial charge in [0.05, 0.1) is 6.20 Å². The van der Waals surface area contributed by atoms with Crippen molar-refractivity contribution in [3.05, 3.63) is 58.4 Å². The van der Waals surface area contributed by atoms with Crippen molar-refractivity contribution >= 4 is 5.97 Å². The molecule has 1 aromatic carbocycles. The molecule has 2 rings (SSSR count). The van der Waals surface area contributed by atoms with Crippen LogP contribution in [-0.4, -0.2) is 16.1 Å². The summed E-state index contributed by atoms with van der Waals surface area (Å²) in [6.45, 7) is 6.44. The highest BCUT2D eigenvalue weighted by molar-refractivity contribution is 5.90. The van der Waals surface area contributed by atoms with Crippen LogP contribution in [0.5, 0.6) is 5.75 Å². The molecule has 0 saturated heterocycles. The normalized spacial score (nSPS) is 10.3. The Balaban J connectivity index is 2.24. The van der Waals surface area contributed by atoms with Crippen molar-refractivity contribution in [3.63, 3.8) is 0 Å². The molecule has 20 heavy (non-hydrogen) atoms. The highest BCUT2D eigenvalue weighted by Gasteiger charge is 2.12. The van der Waals surface area contributed by atoms with Crippen molar-refractivity contribution < 1.29 is 14.6 Å². The standard InChI is InChI=1S/C16H17NO3/c1-10-6-11(2)14(12(3)7-10)9-20-15-8-17-5-4-13(15)16(18)19/h4-8H,9H2,1-3H3,(H,18,19). The van der Waals surface area contributed by atoms with E-state index in [9.17, 15) is 4.79 Å². The Morgan fingerprint density at radius 1 is 1.25 bits per heavy atom. The first-order valence-electron chi connectivity index (χ1n) is 6.36. The SMILES string of the molecule is Cc1cc(C)c(COc2cnccc2C(=O)O)c(C)c1. The molecule has 4 nitrogen and oxygen atoms in total. The molecule has 0 amide bonds. The molecule has 1 N–H and O–H groups in total. The molecule has 0 aliphatic carbocycles. The van der Waals surface area contributed by atoms with Gasteiger partial charge < -0.3 is 9.84 Å². The van der Waals surface area contributed by atoms with Crippen LogP contribution in [0.4, 0.5) is 0 Å². The lowest BCUT2D eigenvalue weighted by molar-refractivity contribution is 0.0691. The molecule has 0 spiro atoms. The highest BCUT2D eigenvalue weighted by atomic mass is 16.5. The lowest BCUT2D eigenvalue weighted by Crippen LogP contribution is -2.06. The van der Waals surface area contributed by atoms with Gasteiger partial charge in [-0.2, -0.15) is 0 Å². The second kappa shape index (κ2) is 5.74. The van der Waals surface area contributed by atoms with Gasteiger partial charge in [-0.3, -0.25) is 4.98 Å². The first kappa shape index (κ1) is 14.1. The van der Waals surface area contributed by atoms with E-state index in [4.69, 9.17) is 9.84 Å². The molecule has 0 atom stereocenters. The van der Waals surface area contributed by atoms with Gasteiger partial charge in [0.1, 0.15) is 12.2 Å². The number of benzene rings is 1. The number of nitrogens with zero attached hydrogens (tertiary/aromatic N) is 1. The van der Waals surface area contributed by atoms with Crippen LogP contribution < -0.4 is 4.74 Å². The summed E-state index contributed by atoms with van der Waals surface area (Å²) in [6.07, 6.45) is 2.88. The molecule has 2 aromatic rings. The number of aromatic nitrogens is 1. The molecule has 0 radical (unpaired) electrons. The fraction of sp³-hybridized carbons (Fsp3) is 0.250. The third kappa shape index (κ3) is 2.96. The maximum absolute atomic E-state index is 11.1. The predicted octanol–water partition coefficient (Wildman–Crippen LogP) is 3.28. The zero-order valence-corrected chi connectivity index (χ0v) is 11.8. The second-order valence-corrected chi connectivity index (χ2v) is 4.84. The largest absolute Gasteiger partial charge is 0.486 e. The van der Waals surface area contributed by atoms with E-state index in [1.165, 1.54) is 24.0 Å². The van der Waals surface area contributed by atoms with E-state index >= 15 is 0 Å². The lowest BCUT2D eigenvalue weighted by atomic mass is 10.0. The number of hydrogen-bond acceptors (Lipinski definition) is 3. The number of carboxylic acid groups (broad SMARTS) is 1. The third-order valence-corrected chi connectivity index (χ3v) is 3.23. The average Bonchev–Trinajstić information content (AvgIpc) is 2.37. The molecule has 0 unspecified atom stereocenters. The minimum atomic E-state index is -1.01. The van der Waals surface area contributed by atoms with Crippen LogP contribution in [0.2, 0.25) is 0 Å². The first-order valence-corrected chi connectivity index (χ1v) is 6.36. The zero-order chi connectivity index (χ0) is 14.7. The highest BCUT2D eigenvalue weighted by Crippen LogP contribution is 2.21. The summed E-state index contributed by atoms with van der Waals surface area (Å²) in [6, 6.07) is 5.62. The van der Waals surface area contributed by atoms with Gasteiger partial charge in [0, 0.05) is 6.20 Å². The average molecular weight is 271 g/mol. The van der Waals surface area contributed by atoms with E-state index in [0.29, 0.717) is 12.4 Å². The summed E-state index contributed by atoms with van der Waals surface area (Å²) in [4.78, 5) is 15.0. The van der Waals surface area contributed by atoms with Crippen molar-refractivity contribution in [2.75, 3.05) is 0 Å². The number of pyridine rings is 1. The molecular formula is C16H17NO3. The number of rotatable bonds is 4. The van der Waals surface area contributed by atoms with Crippen molar-refractivity contribution in [1.82, 2.24) is 4.98 Å². The number of carboxylic acids is 1. The van der Waals surface area contributed by atoms with E-state index < -0.39 is 5.97 Å². The van der Waals surface area contributed by atoms with Crippen LogP contribution in [0.25, 0.3) is 0 Å². The van der Waals surface area contributed by atoms with Gasteiger partial charge in [-0.25, -0.2) is 4.79 Å². The topological polar surface area (TPSA) is 59.4 Å². The Bertz CT molecular complexity index is 627. The van der Waals surface area contributed by atoms with Gasteiger partial charge in [0.2, 0.25) is 0 Å². The number of aryl methyl sites for hydroxylation is 3. The van der Waals surface area contributed by atoms with Gasteiger partial charge in [0.15, 0.2) is 5.75 Å². The van der Waals surface area contributed by atoms with E-state index in [-0.39, 0.29) is 5.56 Å². The number of hydrogen-bond donors (Lipinski definition) is 1. The minimum absolute atomic E-state index is 0.127. The maximum Gasteiger partial charge on any atom is 0.339 e. The van der Waals surface area contributed by atoms with Gasteiger partial charge in [-0.05, 0) is 43.5 Å². The summed E-state index contributed by atoms with van der Waals surface area (Å²) in [5.41, 5.74) is 4.70. The fourth-order valence-corrected chi connectivity index (χ4v) is 2.26. The smallest absolute Gasteiger partial charge is 0.339 e. The lowest BCUT2D eigenvalue weighted by Gasteiger charge is -2.13. The van der Waals surface area contributed by atoms with Crippen LogP contribution in [-0.2, 0) is 6.61 Å². The van der Waals surface area contributed by atoms with Gasteiger partial charge in [-0.1, -0.05) is 17.7 Å². The summed E-state index contributed by atoms with van der Waals surface area (Å²) in [5, 5.41) is 9.10. The Morgan fingerprint density at radius 3 is 2.50 bits per heavy atom. The molecule has 0 fully saturated rings. The maximum atomic E-state index is 11.1. The molecular weight excluding hydrogens is 254 g/mol. The Hall–Kier alpha value is -2.36. The van der Waals surface area contributed by atoms with Gasteiger partial charge in [-0.15, -0.1) is 0 Å². The monoisotopic (exact) mass is 271 g/mol.